The number of rotatable bonds is 3. The third kappa shape index (κ3) is 2.03. The van der Waals surface area contributed by atoms with Gasteiger partial charge in [-0.3, -0.25) is 18.7 Å². The minimum Gasteiger partial charge on any atom is -0.480 e. The number of imidazole rings is 1. The fourth-order valence-corrected chi connectivity index (χ4v) is 2.62. The Morgan fingerprint density at radius 3 is 2.35 bits per heavy atom. The van der Waals surface area contributed by atoms with Crippen LogP contribution in [0.5, 0.6) is 0 Å². The molecule has 0 amide bonds. The molecule has 2 aromatic heterocycles. The lowest BCUT2D eigenvalue weighted by atomic mass is 10.5. The van der Waals surface area contributed by atoms with E-state index in [1.54, 1.807) is 7.05 Å². The Labute approximate surface area is 117 Å². The molecule has 0 aliphatic carbocycles. The number of nitrogens with zero attached hydrogens (tertiary/aromatic N) is 4. The van der Waals surface area contributed by atoms with Gasteiger partial charge in [0.25, 0.3) is 5.56 Å². The first kappa shape index (κ1) is 14.4. The maximum absolute atomic E-state index is 12.1. The number of carboxylic acids is 1. The molecule has 0 aliphatic rings. The number of hydrogen-bond acceptors (Lipinski definition) is 5. The van der Waals surface area contributed by atoms with Crippen molar-refractivity contribution < 1.29 is 9.90 Å². The molecule has 2 aromatic rings. The lowest BCUT2D eigenvalue weighted by Gasteiger charge is -2.05. The molecule has 0 bridgehead atoms. The van der Waals surface area contributed by atoms with Crippen LogP contribution < -0.4 is 11.2 Å². The van der Waals surface area contributed by atoms with E-state index in [1.165, 1.54) is 30.2 Å². The quantitative estimate of drug-likeness (QED) is 0.770. The number of thioether (sulfide) groups is 1. The van der Waals surface area contributed by atoms with Gasteiger partial charge in [0.1, 0.15) is 5.25 Å². The monoisotopic (exact) mass is 298 g/mol. The first-order chi connectivity index (χ1) is 9.25. The Morgan fingerprint density at radius 2 is 1.80 bits per heavy atom. The topological polar surface area (TPSA) is 99.1 Å². The fourth-order valence-electron chi connectivity index (χ4n) is 1.81. The molecule has 0 spiro atoms. The van der Waals surface area contributed by atoms with E-state index < -0.39 is 22.5 Å². The van der Waals surface area contributed by atoms with E-state index in [-0.39, 0.29) is 11.2 Å². The van der Waals surface area contributed by atoms with Gasteiger partial charge in [-0.05, 0) is 6.92 Å². The summed E-state index contributed by atoms with van der Waals surface area (Å²) in [4.78, 5) is 39.1. The van der Waals surface area contributed by atoms with Crippen LogP contribution in [0.15, 0.2) is 14.7 Å². The van der Waals surface area contributed by atoms with Gasteiger partial charge in [-0.1, -0.05) is 11.8 Å². The smallest absolute Gasteiger partial charge is 0.332 e. The molecule has 0 radical (unpaired) electrons. The van der Waals surface area contributed by atoms with Crippen molar-refractivity contribution in [2.45, 2.75) is 17.3 Å². The molecule has 0 saturated heterocycles. The highest BCUT2D eigenvalue weighted by atomic mass is 32.2. The van der Waals surface area contributed by atoms with Crippen LogP contribution in [0.4, 0.5) is 0 Å². The second kappa shape index (κ2) is 4.82. The first-order valence-corrected chi connectivity index (χ1v) is 6.65. The molecule has 20 heavy (non-hydrogen) atoms. The predicted octanol–water partition coefficient (Wildman–Crippen LogP) is -0.464. The van der Waals surface area contributed by atoms with Crippen molar-refractivity contribution in [3.63, 3.8) is 0 Å². The summed E-state index contributed by atoms with van der Waals surface area (Å²) in [5, 5.41) is 8.61. The third-order valence-corrected chi connectivity index (χ3v) is 4.20. The third-order valence-electron chi connectivity index (χ3n) is 3.06. The van der Waals surface area contributed by atoms with Crippen LogP contribution in [0.3, 0.4) is 0 Å². The number of hydrogen-bond donors (Lipinski definition) is 1. The lowest BCUT2D eigenvalue weighted by molar-refractivity contribution is -0.136. The van der Waals surface area contributed by atoms with Gasteiger partial charge in [-0.15, -0.1) is 0 Å². The van der Waals surface area contributed by atoms with Gasteiger partial charge in [0.2, 0.25) is 0 Å². The molecule has 8 nitrogen and oxygen atoms in total. The van der Waals surface area contributed by atoms with Crippen molar-refractivity contribution in [3.05, 3.63) is 20.8 Å². The number of aryl methyl sites for hydroxylation is 2. The fraction of sp³-hybridized carbons (Fsp3) is 0.455. The summed E-state index contributed by atoms with van der Waals surface area (Å²) in [6.07, 6.45) is 0. The number of fused-ring (bicyclic) bond motifs is 1. The first-order valence-electron chi connectivity index (χ1n) is 5.77. The Kier molecular flexibility index (Phi) is 3.46. The zero-order chi connectivity index (χ0) is 15.2. The van der Waals surface area contributed by atoms with E-state index >= 15 is 0 Å². The van der Waals surface area contributed by atoms with Crippen LogP contribution in [0, 0.1) is 0 Å². The van der Waals surface area contributed by atoms with E-state index in [1.807, 2.05) is 0 Å². The van der Waals surface area contributed by atoms with Crippen LogP contribution in [-0.2, 0) is 25.9 Å². The van der Waals surface area contributed by atoms with Crippen molar-refractivity contribution in [2.24, 2.45) is 21.1 Å². The van der Waals surface area contributed by atoms with E-state index in [0.29, 0.717) is 5.16 Å². The second-order valence-electron chi connectivity index (χ2n) is 4.43. The van der Waals surface area contributed by atoms with E-state index in [4.69, 9.17) is 5.11 Å². The zero-order valence-corrected chi connectivity index (χ0v) is 12.3. The highest BCUT2D eigenvalue weighted by molar-refractivity contribution is 8.00. The summed E-state index contributed by atoms with van der Waals surface area (Å²) in [5.74, 6) is -0.969. The minimum absolute atomic E-state index is 0.251. The summed E-state index contributed by atoms with van der Waals surface area (Å²) >= 11 is 1.02. The second-order valence-corrected chi connectivity index (χ2v) is 5.74. The summed E-state index contributed by atoms with van der Waals surface area (Å²) in [5.41, 5.74) is -0.397. The number of aliphatic carboxylic acids is 1. The molecule has 0 saturated carbocycles. The van der Waals surface area contributed by atoms with Crippen LogP contribution in [-0.4, -0.2) is 35.0 Å². The molecule has 2 heterocycles. The summed E-state index contributed by atoms with van der Waals surface area (Å²) < 4.78 is 3.78. The average Bonchev–Trinajstić information content (AvgIpc) is 2.71. The van der Waals surface area contributed by atoms with Crippen LogP contribution in [0.1, 0.15) is 6.92 Å². The maximum atomic E-state index is 12.1. The average molecular weight is 298 g/mol. The van der Waals surface area contributed by atoms with Crippen LogP contribution in [0.25, 0.3) is 11.2 Å². The molecular weight excluding hydrogens is 284 g/mol. The number of carboxylic acid groups (broad SMARTS) is 1. The number of carbonyl (C=O) groups is 1. The standard InChI is InChI=1S/C11H14N4O4S/c1-5(9(17)18)20-10-12-7-6(13(10)2)8(16)15(4)11(19)14(7)3/h5H,1-4H3,(H,17,18)/t5-/m1/s1. The summed E-state index contributed by atoms with van der Waals surface area (Å²) in [6, 6.07) is 0. The highest BCUT2D eigenvalue weighted by Crippen LogP contribution is 2.24. The Bertz CT molecular complexity index is 816. The van der Waals surface area contributed by atoms with E-state index in [2.05, 4.69) is 4.98 Å². The van der Waals surface area contributed by atoms with Gasteiger partial charge in [0.05, 0.1) is 0 Å². The van der Waals surface area contributed by atoms with Crippen molar-refractivity contribution in [1.82, 2.24) is 18.7 Å². The molecule has 0 unspecified atom stereocenters. The molecule has 0 aromatic carbocycles. The van der Waals surface area contributed by atoms with Gasteiger partial charge < -0.3 is 9.67 Å². The SMILES string of the molecule is C[C@@H](Sc1nc2c(c(=O)n(C)c(=O)n2C)n1C)C(=O)O. The Hall–Kier alpha value is -2.03. The molecule has 0 aliphatic heterocycles. The van der Waals surface area contributed by atoms with Gasteiger partial charge in [-0.25, -0.2) is 9.78 Å². The largest absolute Gasteiger partial charge is 0.480 e. The van der Waals surface area contributed by atoms with Crippen molar-refractivity contribution in [3.8, 4) is 0 Å². The van der Waals surface area contributed by atoms with Gasteiger partial charge in [0, 0.05) is 21.1 Å². The normalized spacial score (nSPS) is 12.8. The lowest BCUT2D eigenvalue weighted by Crippen LogP contribution is -2.37. The minimum atomic E-state index is -0.969. The van der Waals surface area contributed by atoms with Crippen molar-refractivity contribution in [2.75, 3.05) is 0 Å². The molecule has 108 valence electrons. The Morgan fingerprint density at radius 1 is 1.20 bits per heavy atom. The molecule has 1 atom stereocenters. The van der Waals surface area contributed by atoms with Gasteiger partial charge in [-0.2, -0.15) is 0 Å². The molecule has 1 N–H and O–H groups in total. The van der Waals surface area contributed by atoms with E-state index in [0.717, 1.165) is 16.3 Å². The van der Waals surface area contributed by atoms with Crippen molar-refractivity contribution in [1.29, 1.82) is 0 Å². The molecule has 0 fully saturated rings. The van der Waals surface area contributed by atoms with Crippen molar-refractivity contribution >= 4 is 28.9 Å². The van der Waals surface area contributed by atoms with Gasteiger partial charge in [0.15, 0.2) is 16.3 Å². The summed E-state index contributed by atoms with van der Waals surface area (Å²) in [7, 11) is 4.54. The van der Waals surface area contributed by atoms with Crippen LogP contribution >= 0.6 is 11.8 Å². The zero-order valence-electron chi connectivity index (χ0n) is 11.4. The highest BCUT2D eigenvalue weighted by Gasteiger charge is 2.21. The molecule has 9 heteroatoms. The predicted molar refractivity (Wildman–Crippen MR) is 74.2 cm³/mol. The maximum Gasteiger partial charge on any atom is 0.332 e. The van der Waals surface area contributed by atoms with E-state index in [9.17, 15) is 14.4 Å². The van der Waals surface area contributed by atoms with Crippen LogP contribution in [0.2, 0.25) is 0 Å². The molecule has 2 rings (SSSR count). The Balaban J connectivity index is 2.74. The van der Waals surface area contributed by atoms with Gasteiger partial charge >= 0.3 is 11.7 Å². The molecular formula is C11H14N4O4S. The summed E-state index contributed by atoms with van der Waals surface area (Å²) in [6.45, 7) is 1.53. The number of aromatic nitrogens is 4.